The Morgan fingerprint density at radius 2 is 2.05 bits per heavy atom. The van der Waals surface area contributed by atoms with Gasteiger partial charge < -0.3 is 14.3 Å². The lowest BCUT2D eigenvalue weighted by Gasteiger charge is -2.03. The molecule has 0 aliphatic carbocycles. The zero-order valence-corrected chi connectivity index (χ0v) is 11.5. The van der Waals surface area contributed by atoms with Gasteiger partial charge in [-0.25, -0.2) is 0 Å². The summed E-state index contributed by atoms with van der Waals surface area (Å²) in [6.45, 7) is 0.280. The van der Waals surface area contributed by atoms with E-state index in [2.05, 4.69) is 5.32 Å². The summed E-state index contributed by atoms with van der Waals surface area (Å²) in [5, 5.41) is 3.74. The molecule has 0 bridgehead atoms. The van der Waals surface area contributed by atoms with Gasteiger partial charge in [-0.2, -0.15) is 0 Å². The van der Waals surface area contributed by atoms with E-state index in [1.165, 1.54) is 10.6 Å². The van der Waals surface area contributed by atoms with E-state index in [1.54, 1.807) is 19.3 Å². The quantitative estimate of drug-likeness (QED) is 0.799. The molecular formula is C16H14N2O3. The van der Waals surface area contributed by atoms with Gasteiger partial charge in [0.2, 0.25) is 0 Å². The third kappa shape index (κ3) is 2.72. The van der Waals surface area contributed by atoms with E-state index in [0.717, 1.165) is 11.0 Å². The third-order valence-corrected chi connectivity index (χ3v) is 3.27. The number of hydrogen-bond acceptors (Lipinski definition) is 3. The predicted octanol–water partition coefficient (Wildman–Crippen LogP) is 2.06. The van der Waals surface area contributed by atoms with Crippen LogP contribution in [-0.2, 0) is 13.6 Å². The van der Waals surface area contributed by atoms with Crippen LogP contribution < -0.4 is 10.9 Å². The molecule has 0 unspecified atom stereocenters. The maximum atomic E-state index is 12.0. The molecular weight excluding hydrogens is 268 g/mol. The average molecular weight is 282 g/mol. The third-order valence-electron chi connectivity index (χ3n) is 3.27. The largest absolute Gasteiger partial charge is 0.459 e. The summed E-state index contributed by atoms with van der Waals surface area (Å²) >= 11 is 0. The Morgan fingerprint density at radius 1 is 1.24 bits per heavy atom. The summed E-state index contributed by atoms with van der Waals surface area (Å²) in [5.41, 5.74) is 0.913. The van der Waals surface area contributed by atoms with Gasteiger partial charge in [0.15, 0.2) is 0 Å². The van der Waals surface area contributed by atoms with Crippen LogP contribution in [0.4, 0.5) is 0 Å². The van der Waals surface area contributed by atoms with E-state index in [4.69, 9.17) is 4.42 Å². The SMILES string of the molecule is Cn1ccc(C(=O)NCc2cc3ccccc3o2)cc1=O. The van der Waals surface area contributed by atoms with Crippen LogP contribution in [0.15, 0.2) is 57.9 Å². The fraction of sp³-hybridized carbons (Fsp3) is 0.125. The molecule has 2 heterocycles. The first kappa shape index (κ1) is 13.2. The van der Waals surface area contributed by atoms with Gasteiger partial charge in [-0.1, -0.05) is 18.2 Å². The molecule has 106 valence electrons. The fourth-order valence-electron chi connectivity index (χ4n) is 2.08. The van der Waals surface area contributed by atoms with Crippen LogP contribution in [0.25, 0.3) is 11.0 Å². The van der Waals surface area contributed by atoms with Gasteiger partial charge in [-0.15, -0.1) is 0 Å². The van der Waals surface area contributed by atoms with Crippen molar-refractivity contribution in [2.75, 3.05) is 0 Å². The molecule has 0 aliphatic heterocycles. The maximum Gasteiger partial charge on any atom is 0.251 e. The lowest BCUT2D eigenvalue weighted by molar-refractivity contribution is 0.0948. The number of rotatable bonds is 3. The number of pyridine rings is 1. The van der Waals surface area contributed by atoms with Crippen molar-refractivity contribution in [3.63, 3.8) is 0 Å². The van der Waals surface area contributed by atoms with Crippen molar-refractivity contribution >= 4 is 16.9 Å². The van der Waals surface area contributed by atoms with Crippen LogP contribution in [0.1, 0.15) is 16.1 Å². The minimum absolute atomic E-state index is 0.216. The molecule has 0 saturated carbocycles. The van der Waals surface area contributed by atoms with Gasteiger partial charge in [-0.3, -0.25) is 9.59 Å². The first-order valence-electron chi connectivity index (χ1n) is 6.56. The normalized spacial score (nSPS) is 10.7. The first-order valence-corrected chi connectivity index (χ1v) is 6.56. The van der Waals surface area contributed by atoms with Gasteiger partial charge in [-0.05, 0) is 18.2 Å². The van der Waals surface area contributed by atoms with Gasteiger partial charge in [0, 0.05) is 30.3 Å². The molecule has 1 amide bonds. The van der Waals surface area contributed by atoms with Crippen molar-refractivity contribution in [1.82, 2.24) is 9.88 Å². The second-order valence-electron chi connectivity index (χ2n) is 4.80. The number of aromatic nitrogens is 1. The summed E-state index contributed by atoms with van der Waals surface area (Å²) in [6, 6.07) is 12.5. The van der Waals surface area contributed by atoms with E-state index in [0.29, 0.717) is 11.3 Å². The zero-order chi connectivity index (χ0) is 14.8. The van der Waals surface area contributed by atoms with Crippen LogP contribution in [0, 0.1) is 0 Å². The van der Waals surface area contributed by atoms with Crippen LogP contribution in [-0.4, -0.2) is 10.5 Å². The number of fused-ring (bicyclic) bond motifs is 1. The number of carbonyl (C=O) groups excluding carboxylic acids is 1. The molecule has 1 aromatic carbocycles. The Kier molecular flexibility index (Phi) is 3.31. The molecule has 5 heteroatoms. The Bertz CT molecular complexity index is 828. The van der Waals surface area contributed by atoms with Crippen molar-refractivity contribution in [3.8, 4) is 0 Å². The van der Waals surface area contributed by atoms with E-state index in [1.807, 2.05) is 30.3 Å². The van der Waals surface area contributed by atoms with Crippen molar-refractivity contribution in [1.29, 1.82) is 0 Å². The monoisotopic (exact) mass is 282 g/mol. The summed E-state index contributed by atoms with van der Waals surface area (Å²) in [5.74, 6) is 0.376. The first-order chi connectivity index (χ1) is 10.1. The lowest BCUT2D eigenvalue weighted by atomic mass is 10.2. The summed E-state index contributed by atoms with van der Waals surface area (Å²) in [7, 11) is 1.64. The zero-order valence-electron chi connectivity index (χ0n) is 11.5. The molecule has 0 atom stereocenters. The highest BCUT2D eigenvalue weighted by molar-refractivity contribution is 5.94. The van der Waals surface area contributed by atoms with Gasteiger partial charge >= 0.3 is 0 Å². The minimum Gasteiger partial charge on any atom is -0.459 e. The number of aryl methyl sites for hydroxylation is 1. The molecule has 0 radical (unpaired) electrons. The maximum absolute atomic E-state index is 12.0. The number of carbonyl (C=O) groups is 1. The summed E-state index contributed by atoms with van der Waals surface area (Å²) in [6.07, 6.45) is 1.57. The van der Waals surface area contributed by atoms with Crippen LogP contribution in [0.3, 0.4) is 0 Å². The second-order valence-corrected chi connectivity index (χ2v) is 4.80. The van der Waals surface area contributed by atoms with E-state index < -0.39 is 0 Å². The number of para-hydroxylation sites is 1. The molecule has 21 heavy (non-hydrogen) atoms. The van der Waals surface area contributed by atoms with Crippen LogP contribution in [0.2, 0.25) is 0 Å². The number of furan rings is 1. The number of nitrogens with zero attached hydrogens (tertiary/aromatic N) is 1. The van der Waals surface area contributed by atoms with E-state index >= 15 is 0 Å². The summed E-state index contributed by atoms with van der Waals surface area (Å²) < 4.78 is 7.03. The van der Waals surface area contributed by atoms with Gasteiger partial charge in [0.25, 0.3) is 11.5 Å². The standard InChI is InChI=1S/C16H14N2O3/c1-18-7-6-12(9-15(18)19)16(20)17-10-13-8-11-4-2-3-5-14(11)21-13/h2-9H,10H2,1H3,(H,17,20). The number of hydrogen-bond donors (Lipinski definition) is 1. The highest BCUT2D eigenvalue weighted by Crippen LogP contribution is 2.18. The number of amides is 1. The second kappa shape index (κ2) is 5.28. The van der Waals surface area contributed by atoms with Crippen LogP contribution in [0.5, 0.6) is 0 Å². The Morgan fingerprint density at radius 3 is 2.81 bits per heavy atom. The number of benzene rings is 1. The number of nitrogens with one attached hydrogen (secondary N) is 1. The molecule has 3 aromatic rings. The van der Waals surface area contributed by atoms with Crippen molar-refractivity contribution in [2.45, 2.75) is 6.54 Å². The predicted molar refractivity (Wildman–Crippen MR) is 79.1 cm³/mol. The van der Waals surface area contributed by atoms with Gasteiger partial charge in [0.05, 0.1) is 6.54 Å². The van der Waals surface area contributed by atoms with Gasteiger partial charge in [0.1, 0.15) is 11.3 Å². The van der Waals surface area contributed by atoms with Crippen LogP contribution >= 0.6 is 0 Å². The Balaban J connectivity index is 1.73. The molecule has 3 rings (SSSR count). The molecule has 0 spiro atoms. The van der Waals surface area contributed by atoms with Crippen molar-refractivity contribution in [3.05, 3.63) is 70.3 Å². The summed E-state index contributed by atoms with van der Waals surface area (Å²) in [4.78, 5) is 23.5. The Labute approximate surface area is 120 Å². The molecule has 0 fully saturated rings. The molecule has 2 aromatic heterocycles. The van der Waals surface area contributed by atoms with E-state index in [-0.39, 0.29) is 18.0 Å². The van der Waals surface area contributed by atoms with E-state index in [9.17, 15) is 9.59 Å². The topological polar surface area (TPSA) is 64.2 Å². The molecule has 0 saturated heterocycles. The highest BCUT2D eigenvalue weighted by Gasteiger charge is 2.08. The molecule has 5 nitrogen and oxygen atoms in total. The van der Waals surface area contributed by atoms with Crippen molar-refractivity contribution in [2.24, 2.45) is 7.05 Å². The highest BCUT2D eigenvalue weighted by atomic mass is 16.3. The molecule has 1 N–H and O–H groups in total. The molecule has 0 aliphatic rings. The van der Waals surface area contributed by atoms with Crippen molar-refractivity contribution < 1.29 is 9.21 Å². The smallest absolute Gasteiger partial charge is 0.251 e. The fourth-order valence-corrected chi connectivity index (χ4v) is 2.08. The lowest BCUT2D eigenvalue weighted by Crippen LogP contribution is -2.25. The Hall–Kier alpha value is -2.82. The average Bonchev–Trinajstić information content (AvgIpc) is 2.90. The minimum atomic E-state index is -0.298.